The van der Waals surface area contributed by atoms with Crippen LogP contribution in [-0.4, -0.2) is 15.0 Å². The summed E-state index contributed by atoms with van der Waals surface area (Å²) in [4.78, 5) is 39.0. The van der Waals surface area contributed by atoms with Crippen molar-refractivity contribution in [1.82, 2.24) is 9.13 Å². The summed E-state index contributed by atoms with van der Waals surface area (Å²) in [6.07, 6.45) is -4.55. The average molecular weight is 473 g/mol. The molecule has 0 aliphatic carbocycles. The number of alkyl halides is 3. The second-order valence-corrected chi connectivity index (χ2v) is 8.53. The minimum atomic E-state index is -4.55. The van der Waals surface area contributed by atoms with Crippen molar-refractivity contribution in [2.75, 3.05) is 5.32 Å². The summed E-state index contributed by atoms with van der Waals surface area (Å²) >= 11 is 1.14. The van der Waals surface area contributed by atoms with Gasteiger partial charge in [0.25, 0.3) is 5.56 Å². The highest BCUT2D eigenvalue weighted by Gasteiger charge is 2.30. The van der Waals surface area contributed by atoms with E-state index in [1.54, 1.807) is 23.6 Å². The molecule has 0 aliphatic heterocycles. The fraction of sp³-hybridized carbons (Fsp3) is 0.174. The Morgan fingerprint density at radius 1 is 1.03 bits per heavy atom. The number of carbonyl (C=O) groups excluding carboxylic acids is 1. The lowest BCUT2D eigenvalue weighted by molar-refractivity contribution is -0.137. The van der Waals surface area contributed by atoms with Crippen LogP contribution in [0.2, 0.25) is 0 Å². The molecule has 0 spiro atoms. The van der Waals surface area contributed by atoms with Gasteiger partial charge in [0.2, 0.25) is 5.91 Å². The van der Waals surface area contributed by atoms with E-state index in [1.807, 2.05) is 19.9 Å². The molecule has 0 radical (unpaired) electrons. The molecule has 2 aromatic carbocycles. The van der Waals surface area contributed by atoms with Gasteiger partial charge in [0, 0.05) is 5.69 Å². The summed E-state index contributed by atoms with van der Waals surface area (Å²) in [6, 6.07) is 11.1. The first kappa shape index (κ1) is 22.5. The van der Waals surface area contributed by atoms with E-state index in [1.165, 1.54) is 12.1 Å². The highest BCUT2D eigenvalue weighted by molar-refractivity contribution is 7.17. The Morgan fingerprint density at radius 3 is 2.39 bits per heavy atom. The van der Waals surface area contributed by atoms with Gasteiger partial charge in [-0.1, -0.05) is 12.1 Å². The molecule has 2 aromatic heterocycles. The van der Waals surface area contributed by atoms with Gasteiger partial charge >= 0.3 is 11.9 Å². The fourth-order valence-electron chi connectivity index (χ4n) is 3.66. The van der Waals surface area contributed by atoms with E-state index in [2.05, 4.69) is 5.32 Å². The number of thiophene rings is 1. The first-order chi connectivity index (χ1) is 15.5. The van der Waals surface area contributed by atoms with Crippen LogP contribution in [0.1, 0.15) is 16.7 Å². The van der Waals surface area contributed by atoms with Crippen molar-refractivity contribution >= 4 is 33.1 Å². The van der Waals surface area contributed by atoms with Crippen LogP contribution >= 0.6 is 11.3 Å². The number of benzene rings is 2. The topological polar surface area (TPSA) is 73.1 Å². The van der Waals surface area contributed by atoms with Gasteiger partial charge in [0.15, 0.2) is 0 Å². The molecule has 0 aliphatic rings. The molecule has 1 amide bonds. The lowest BCUT2D eigenvalue weighted by Crippen LogP contribution is -2.40. The number of amides is 1. The molecule has 0 saturated carbocycles. The monoisotopic (exact) mass is 473 g/mol. The number of aromatic nitrogens is 2. The molecule has 0 unspecified atom stereocenters. The summed E-state index contributed by atoms with van der Waals surface area (Å²) < 4.78 is 41.3. The van der Waals surface area contributed by atoms with Gasteiger partial charge in [-0.15, -0.1) is 11.3 Å². The van der Waals surface area contributed by atoms with Gasteiger partial charge < -0.3 is 5.32 Å². The number of hydrogen-bond acceptors (Lipinski definition) is 4. The number of rotatable bonds is 4. The molecular weight excluding hydrogens is 455 g/mol. The zero-order valence-corrected chi connectivity index (χ0v) is 18.4. The quantitative estimate of drug-likeness (QED) is 0.475. The molecule has 0 fully saturated rings. The van der Waals surface area contributed by atoms with Crippen LogP contribution in [0.15, 0.2) is 63.5 Å². The molecule has 33 heavy (non-hydrogen) atoms. The van der Waals surface area contributed by atoms with Gasteiger partial charge in [-0.3, -0.25) is 14.2 Å². The van der Waals surface area contributed by atoms with Crippen molar-refractivity contribution in [2.45, 2.75) is 26.6 Å². The van der Waals surface area contributed by atoms with Gasteiger partial charge in [-0.25, -0.2) is 9.36 Å². The van der Waals surface area contributed by atoms with E-state index in [9.17, 15) is 27.6 Å². The smallest absolute Gasteiger partial charge is 0.325 e. The molecule has 0 atom stereocenters. The lowest BCUT2D eigenvalue weighted by atomic mass is 10.1. The van der Waals surface area contributed by atoms with Gasteiger partial charge in [-0.05, 0) is 66.8 Å². The molecule has 0 saturated heterocycles. The van der Waals surface area contributed by atoms with E-state index in [0.717, 1.165) is 43.7 Å². The van der Waals surface area contributed by atoms with Gasteiger partial charge in [-0.2, -0.15) is 13.2 Å². The fourth-order valence-corrected chi connectivity index (χ4v) is 4.49. The number of carbonyl (C=O) groups is 1. The minimum absolute atomic E-state index is 0.0490. The van der Waals surface area contributed by atoms with Crippen molar-refractivity contribution in [3.8, 4) is 5.69 Å². The van der Waals surface area contributed by atoms with Crippen LogP contribution in [-0.2, 0) is 17.5 Å². The van der Waals surface area contributed by atoms with Crippen LogP contribution < -0.4 is 16.6 Å². The highest BCUT2D eigenvalue weighted by Crippen LogP contribution is 2.30. The lowest BCUT2D eigenvalue weighted by Gasteiger charge is -2.14. The maximum atomic E-state index is 13.3. The zero-order valence-electron chi connectivity index (χ0n) is 17.6. The Bertz CT molecular complexity index is 1480. The maximum Gasteiger partial charge on any atom is 0.416 e. The van der Waals surface area contributed by atoms with E-state index in [0.29, 0.717) is 10.4 Å². The maximum absolute atomic E-state index is 13.3. The standard InChI is InChI=1S/C23H18F3N3O3S/c1-13-8-14(2)10-17(9-13)29-21(31)20-18(6-7-33-20)28(22(29)32)12-19(30)27-16-5-3-4-15(11-16)23(24,25)26/h3-11H,12H2,1-2H3,(H,27,30). The molecular formula is C23H18F3N3O3S. The van der Waals surface area contributed by atoms with Crippen LogP contribution in [0.4, 0.5) is 18.9 Å². The van der Waals surface area contributed by atoms with Crippen molar-refractivity contribution in [1.29, 1.82) is 0 Å². The third kappa shape index (κ3) is 4.47. The second kappa shape index (κ2) is 8.36. The normalized spacial score (nSPS) is 11.7. The Morgan fingerprint density at radius 2 is 1.73 bits per heavy atom. The van der Waals surface area contributed by atoms with Crippen molar-refractivity contribution in [3.05, 3.63) is 91.4 Å². The molecule has 4 rings (SSSR count). The third-order valence-corrected chi connectivity index (χ3v) is 5.89. The molecule has 6 nitrogen and oxygen atoms in total. The largest absolute Gasteiger partial charge is 0.416 e. The third-order valence-electron chi connectivity index (χ3n) is 4.99. The van der Waals surface area contributed by atoms with Gasteiger partial charge in [0.05, 0.1) is 16.8 Å². The number of fused-ring (bicyclic) bond motifs is 1. The van der Waals surface area contributed by atoms with Gasteiger partial charge in [0.1, 0.15) is 11.2 Å². The number of nitrogens with zero attached hydrogens (tertiary/aromatic N) is 2. The van der Waals surface area contributed by atoms with Crippen molar-refractivity contribution in [2.24, 2.45) is 0 Å². The van der Waals surface area contributed by atoms with E-state index in [-0.39, 0.29) is 11.2 Å². The Balaban J connectivity index is 1.76. The summed E-state index contributed by atoms with van der Waals surface area (Å²) in [5, 5.41) is 4.03. The number of hydrogen-bond donors (Lipinski definition) is 1. The predicted octanol–water partition coefficient (Wildman–Crippen LogP) is 4.49. The summed E-state index contributed by atoms with van der Waals surface area (Å²) in [5.41, 5.74) is 0.222. The predicted molar refractivity (Wildman–Crippen MR) is 121 cm³/mol. The molecule has 4 aromatic rings. The Hall–Kier alpha value is -3.66. The van der Waals surface area contributed by atoms with Crippen LogP contribution in [0, 0.1) is 13.8 Å². The van der Waals surface area contributed by atoms with Crippen LogP contribution in [0.5, 0.6) is 0 Å². The number of anilines is 1. The minimum Gasteiger partial charge on any atom is -0.325 e. The van der Waals surface area contributed by atoms with Crippen molar-refractivity contribution < 1.29 is 18.0 Å². The SMILES string of the molecule is Cc1cc(C)cc(-n2c(=O)c3sccc3n(CC(=O)Nc3cccc(C(F)(F)F)c3)c2=O)c1. The summed E-state index contributed by atoms with van der Waals surface area (Å²) in [7, 11) is 0. The summed E-state index contributed by atoms with van der Waals surface area (Å²) in [5.74, 6) is -0.699. The summed E-state index contributed by atoms with van der Waals surface area (Å²) in [6.45, 7) is 3.20. The Kier molecular flexibility index (Phi) is 5.71. The Labute approximate surface area is 189 Å². The molecule has 2 heterocycles. The average Bonchev–Trinajstić information content (AvgIpc) is 3.20. The second-order valence-electron chi connectivity index (χ2n) is 7.62. The molecule has 170 valence electrons. The highest BCUT2D eigenvalue weighted by atomic mass is 32.1. The number of aryl methyl sites for hydroxylation is 2. The first-order valence-electron chi connectivity index (χ1n) is 9.83. The van der Waals surface area contributed by atoms with Crippen LogP contribution in [0.25, 0.3) is 15.9 Å². The number of halogens is 3. The molecule has 1 N–H and O–H groups in total. The number of nitrogens with one attached hydrogen (secondary N) is 1. The molecule has 0 bridgehead atoms. The van der Waals surface area contributed by atoms with E-state index < -0.39 is 35.4 Å². The van der Waals surface area contributed by atoms with Crippen LogP contribution in [0.3, 0.4) is 0 Å². The molecule has 10 heteroatoms. The van der Waals surface area contributed by atoms with Crippen molar-refractivity contribution in [3.63, 3.8) is 0 Å². The van der Waals surface area contributed by atoms with E-state index >= 15 is 0 Å². The van der Waals surface area contributed by atoms with E-state index in [4.69, 9.17) is 0 Å². The zero-order chi connectivity index (χ0) is 23.9. The first-order valence-corrected chi connectivity index (χ1v) is 10.7.